The number of carbonyl (C=O) groups is 1. The van der Waals surface area contributed by atoms with Crippen molar-refractivity contribution < 1.29 is 15.0 Å². The van der Waals surface area contributed by atoms with Gasteiger partial charge in [-0.05, 0) is 31.2 Å². The molecule has 0 fully saturated rings. The number of rotatable bonds is 1. The van der Waals surface area contributed by atoms with E-state index in [9.17, 15) is 4.79 Å². The molecule has 0 saturated heterocycles. The van der Waals surface area contributed by atoms with Gasteiger partial charge < -0.3 is 15.9 Å². The van der Waals surface area contributed by atoms with E-state index in [1.807, 2.05) is 0 Å². The monoisotopic (exact) mass is 183 g/mol. The molecular weight excluding hydrogens is 170 g/mol. The molecule has 1 aromatic carbocycles. The first-order valence-electron chi connectivity index (χ1n) is 3.81. The molecule has 0 heterocycles. The molecule has 0 aromatic heterocycles. The van der Waals surface area contributed by atoms with E-state index in [1.54, 1.807) is 19.1 Å². The van der Waals surface area contributed by atoms with Gasteiger partial charge in [0.25, 0.3) is 0 Å². The third-order valence-corrected chi connectivity index (χ3v) is 1.16. The highest BCUT2D eigenvalue weighted by atomic mass is 16.4. The van der Waals surface area contributed by atoms with Crippen molar-refractivity contribution in [2.24, 2.45) is 0 Å². The average molecular weight is 183 g/mol. The van der Waals surface area contributed by atoms with Crippen molar-refractivity contribution in [3.63, 3.8) is 0 Å². The summed E-state index contributed by atoms with van der Waals surface area (Å²) < 4.78 is 0. The summed E-state index contributed by atoms with van der Waals surface area (Å²) in [4.78, 5) is 10.3. The third kappa shape index (κ3) is 4.81. The van der Waals surface area contributed by atoms with Gasteiger partial charge in [0, 0.05) is 12.3 Å². The van der Waals surface area contributed by atoms with Crippen LogP contribution in [0.15, 0.2) is 24.3 Å². The number of aromatic carboxylic acids is 1. The number of anilines is 1. The third-order valence-electron chi connectivity index (χ3n) is 1.16. The van der Waals surface area contributed by atoms with Crippen molar-refractivity contribution in [2.45, 2.75) is 6.92 Å². The molecule has 0 spiro atoms. The van der Waals surface area contributed by atoms with Gasteiger partial charge in [-0.3, -0.25) is 0 Å². The molecule has 4 heteroatoms. The van der Waals surface area contributed by atoms with Crippen LogP contribution in [0.4, 0.5) is 5.69 Å². The zero-order valence-corrected chi connectivity index (χ0v) is 7.40. The molecule has 0 aliphatic rings. The van der Waals surface area contributed by atoms with Gasteiger partial charge in [0.2, 0.25) is 0 Å². The lowest BCUT2D eigenvalue weighted by molar-refractivity contribution is 0.0697. The minimum atomic E-state index is -0.931. The summed E-state index contributed by atoms with van der Waals surface area (Å²) in [6.45, 7) is 1.93. The molecule has 13 heavy (non-hydrogen) atoms. The maximum atomic E-state index is 10.3. The quantitative estimate of drug-likeness (QED) is 0.566. The van der Waals surface area contributed by atoms with Crippen LogP contribution in [-0.2, 0) is 0 Å². The zero-order valence-electron chi connectivity index (χ0n) is 7.40. The second-order valence-electron chi connectivity index (χ2n) is 2.24. The highest BCUT2D eigenvalue weighted by molar-refractivity contribution is 5.87. The molecule has 1 rings (SSSR count). The van der Waals surface area contributed by atoms with E-state index >= 15 is 0 Å². The van der Waals surface area contributed by atoms with Crippen LogP contribution in [0.3, 0.4) is 0 Å². The number of nitrogen functional groups attached to an aromatic ring is 1. The SMILES string of the molecule is CCO.Nc1ccc(C(=O)O)cc1. The van der Waals surface area contributed by atoms with Gasteiger partial charge in [-0.15, -0.1) is 0 Å². The molecule has 0 radical (unpaired) electrons. The number of benzene rings is 1. The van der Waals surface area contributed by atoms with E-state index in [2.05, 4.69) is 0 Å². The van der Waals surface area contributed by atoms with Crippen LogP contribution in [0.2, 0.25) is 0 Å². The first-order valence-corrected chi connectivity index (χ1v) is 3.81. The predicted molar refractivity (Wildman–Crippen MR) is 50.6 cm³/mol. The number of hydrogen-bond donors (Lipinski definition) is 3. The number of carboxylic acids is 1. The largest absolute Gasteiger partial charge is 0.478 e. The first-order chi connectivity index (χ1) is 6.11. The molecular formula is C9H13NO3. The lowest BCUT2D eigenvalue weighted by Crippen LogP contribution is -1.95. The lowest BCUT2D eigenvalue weighted by Gasteiger charge is -1.93. The van der Waals surface area contributed by atoms with E-state index in [1.165, 1.54) is 12.1 Å². The fraction of sp³-hybridized carbons (Fsp3) is 0.222. The van der Waals surface area contributed by atoms with E-state index in [0.29, 0.717) is 5.69 Å². The van der Waals surface area contributed by atoms with Crippen molar-refractivity contribution in [1.29, 1.82) is 0 Å². The van der Waals surface area contributed by atoms with Gasteiger partial charge in [0.1, 0.15) is 0 Å². The van der Waals surface area contributed by atoms with Crippen LogP contribution in [0, 0.1) is 0 Å². The van der Waals surface area contributed by atoms with Crippen LogP contribution < -0.4 is 5.73 Å². The van der Waals surface area contributed by atoms with Gasteiger partial charge in [-0.1, -0.05) is 0 Å². The summed E-state index contributed by atoms with van der Waals surface area (Å²) in [7, 11) is 0. The molecule has 4 N–H and O–H groups in total. The highest BCUT2D eigenvalue weighted by Crippen LogP contribution is 2.04. The Hall–Kier alpha value is -1.55. The summed E-state index contributed by atoms with van der Waals surface area (Å²) in [5, 5.41) is 16.0. The van der Waals surface area contributed by atoms with Gasteiger partial charge in [-0.25, -0.2) is 4.79 Å². The Bertz CT molecular complexity index is 256. The van der Waals surface area contributed by atoms with E-state index in [0.717, 1.165) is 0 Å². The van der Waals surface area contributed by atoms with Crippen LogP contribution in [0.5, 0.6) is 0 Å². The Kier molecular flexibility index (Phi) is 5.30. The number of aliphatic hydroxyl groups is 1. The Morgan fingerprint density at radius 3 is 2.08 bits per heavy atom. The Morgan fingerprint density at radius 2 is 1.77 bits per heavy atom. The molecule has 0 bridgehead atoms. The van der Waals surface area contributed by atoms with E-state index < -0.39 is 5.97 Å². The summed E-state index contributed by atoms with van der Waals surface area (Å²) in [5.41, 5.74) is 6.17. The normalized spacial score (nSPS) is 8.46. The topological polar surface area (TPSA) is 83.5 Å². The molecule has 0 amide bonds. The molecule has 4 nitrogen and oxygen atoms in total. The highest BCUT2D eigenvalue weighted by Gasteiger charge is 1.98. The van der Waals surface area contributed by atoms with Crippen molar-refractivity contribution in [3.8, 4) is 0 Å². The fourth-order valence-electron chi connectivity index (χ4n) is 0.626. The van der Waals surface area contributed by atoms with Crippen molar-refractivity contribution in [1.82, 2.24) is 0 Å². The average Bonchev–Trinajstić information content (AvgIpc) is 2.06. The van der Waals surface area contributed by atoms with Gasteiger partial charge in [-0.2, -0.15) is 0 Å². The van der Waals surface area contributed by atoms with Crippen molar-refractivity contribution in [3.05, 3.63) is 29.8 Å². The maximum absolute atomic E-state index is 10.3. The van der Waals surface area contributed by atoms with Gasteiger partial charge >= 0.3 is 5.97 Å². The minimum Gasteiger partial charge on any atom is -0.478 e. The van der Waals surface area contributed by atoms with Crippen LogP contribution >= 0.6 is 0 Å². The molecule has 1 aromatic rings. The maximum Gasteiger partial charge on any atom is 0.335 e. The molecule has 0 unspecified atom stereocenters. The van der Waals surface area contributed by atoms with Crippen LogP contribution in [0.1, 0.15) is 17.3 Å². The van der Waals surface area contributed by atoms with Crippen molar-refractivity contribution in [2.75, 3.05) is 12.3 Å². The zero-order chi connectivity index (χ0) is 10.3. The second kappa shape index (κ2) is 6.02. The minimum absolute atomic E-state index is 0.250. The summed E-state index contributed by atoms with van der Waals surface area (Å²) >= 11 is 0. The summed E-state index contributed by atoms with van der Waals surface area (Å²) in [5.74, 6) is -0.931. The molecule has 0 aliphatic heterocycles. The Labute approximate surface area is 76.6 Å². The number of carboxylic acid groups (broad SMARTS) is 1. The smallest absolute Gasteiger partial charge is 0.335 e. The van der Waals surface area contributed by atoms with E-state index in [-0.39, 0.29) is 12.2 Å². The molecule has 0 saturated carbocycles. The lowest BCUT2D eigenvalue weighted by atomic mass is 10.2. The standard InChI is InChI=1S/C7H7NO2.C2H6O/c8-6-3-1-5(2-4-6)7(9)10;1-2-3/h1-4H,8H2,(H,9,10);3H,2H2,1H3. The van der Waals surface area contributed by atoms with Crippen LogP contribution in [-0.4, -0.2) is 22.8 Å². The Morgan fingerprint density at radius 1 is 1.38 bits per heavy atom. The fourth-order valence-corrected chi connectivity index (χ4v) is 0.626. The number of aliphatic hydroxyl groups excluding tert-OH is 1. The Balaban J connectivity index is 0.000000424. The predicted octanol–water partition coefficient (Wildman–Crippen LogP) is 0.966. The first kappa shape index (κ1) is 11.4. The number of nitrogens with two attached hydrogens (primary N) is 1. The van der Waals surface area contributed by atoms with E-state index in [4.69, 9.17) is 15.9 Å². The van der Waals surface area contributed by atoms with Crippen LogP contribution in [0.25, 0.3) is 0 Å². The van der Waals surface area contributed by atoms with Gasteiger partial charge in [0.15, 0.2) is 0 Å². The molecule has 72 valence electrons. The molecule has 0 aliphatic carbocycles. The summed E-state index contributed by atoms with van der Waals surface area (Å²) in [6, 6.07) is 6.06. The van der Waals surface area contributed by atoms with Crippen molar-refractivity contribution >= 4 is 11.7 Å². The second-order valence-corrected chi connectivity index (χ2v) is 2.24. The number of hydrogen-bond acceptors (Lipinski definition) is 3. The van der Waals surface area contributed by atoms with Gasteiger partial charge in [0.05, 0.1) is 5.56 Å². The molecule has 0 atom stereocenters. The summed E-state index contributed by atoms with van der Waals surface area (Å²) in [6.07, 6.45) is 0.